The summed E-state index contributed by atoms with van der Waals surface area (Å²) in [5, 5.41) is 9.03. The summed E-state index contributed by atoms with van der Waals surface area (Å²) in [6, 6.07) is 7.87. The molecule has 3 aromatic rings. The van der Waals surface area contributed by atoms with Crippen molar-refractivity contribution in [3.63, 3.8) is 0 Å². The summed E-state index contributed by atoms with van der Waals surface area (Å²) in [5.74, 6) is 2.57. The first kappa shape index (κ1) is 16.2. The first-order chi connectivity index (χ1) is 11.5. The van der Waals surface area contributed by atoms with Gasteiger partial charge in [-0.25, -0.2) is 9.67 Å². The van der Waals surface area contributed by atoms with Gasteiger partial charge in [-0.15, -0.1) is 0 Å². The first-order valence-electron chi connectivity index (χ1n) is 8.05. The van der Waals surface area contributed by atoms with Gasteiger partial charge in [0, 0.05) is 19.2 Å². The van der Waals surface area contributed by atoms with Crippen LogP contribution in [-0.4, -0.2) is 31.7 Å². The zero-order chi connectivity index (χ0) is 17.3. The normalized spacial score (nSPS) is 11.0. The zero-order valence-corrected chi connectivity index (χ0v) is 14.9. The van der Waals surface area contributed by atoms with Crippen LogP contribution >= 0.6 is 0 Å². The van der Waals surface area contributed by atoms with Crippen LogP contribution in [0.25, 0.3) is 5.69 Å². The largest absolute Gasteiger partial charge is 0.497 e. The van der Waals surface area contributed by atoms with Gasteiger partial charge >= 0.3 is 0 Å². The van der Waals surface area contributed by atoms with Crippen molar-refractivity contribution in [1.82, 2.24) is 24.5 Å². The average Bonchev–Trinajstić information content (AvgIpc) is 3.06. The second-order valence-electron chi connectivity index (χ2n) is 5.96. The highest BCUT2D eigenvalue weighted by Gasteiger charge is 2.14. The number of methoxy groups -OCH3 is 1. The number of nitrogens with zero attached hydrogens (tertiary/aromatic N) is 5. The number of hydrogen-bond acceptors (Lipinski definition) is 4. The molecule has 126 valence electrons. The van der Waals surface area contributed by atoms with E-state index in [4.69, 9.17) is 4.74 Å². The molecular formula is C18H23N5O. The summed E-state index contributed by atoms with van der Waals surface area (Å²) in [5.41, 5.74) is 4.58. The average molecular weight is 325 g/mol. The Labute approximate surface area is 142 Å². The maximum atomic E-state index is 5.22. The van der Waals surface area contributed by atoms with Gasteiger partial charge in [-0.3, -0.25) is 4.68 Å². The molecule has 0 radical (unpaired) electrons. The standard InChI is InChI=1S/C18H23N5O/c1-12-17(13(2)22(4)20-12)10-11-18-19-14(3)21-23(18)15-6-8-16(24-5)9-7-15/h6-9H,10-11H2,1-5H3. The Bertz CT molecular complexity index is 845. The van der Waals surface area contributed by atoms with Gasteiger partial charge in [0.15, 0.2) is 0 Å². The molecule has 1 aromatic carbocycles. The fraction of sp³-hybridized carbons (Fsp3) is 0.389. The molecule has 0 unspecified atom stereocenters. The number of benzene rings is 1. The van der Waals surface area contributed by atoms with E-state index in [0.29, 0.717) is 0 Å². The molecule has 3 rings (SSSR count). The topological polar surface area (TPSA) is 57.8 Å². The van der Waals surface area contributed by atoms with Crippen LogP contribution in [0.5, 0.6) is 5.75 Å². The van der Waals surface area contributed by atoms with Crippen LogP contribution in [0.2, 0.25) is 0 Å². The van der Waals surface area contributed by atoms with E-state index in [2.05, 4.69) is 29.0 Å². The lowest BCUT2D eigenvalue weighted by atomic mass is 10.1. The van der Waals surface area contributed by atoms with Crippen molar-refractivity contribution in [2.75, 3.05) is 7.11 Å². The number of rotatable bonds is 5. The van der Waals surface area contributed by atoms with Gasteiger partial charge in [0.2, 0.25) is 0 Å². The van der Waals surface area contributed by atoms with Gasteiger partial charge in [-0.05, 0) is 57.0 Å². The fourth-order valence-corrected chi connectivity index (χ4v) is 2.97. The minimum absolute atomic E-state index is 0.778. The summed E-state index contributed by atoms with van der Waals surface area (Å²) in [4.78, 5) is 4.60. The molecule has 0 bridgehead atoms. The predicted octanol–water partition coefficient (Wildman–Crippen LogP) is 2.72. The molecule has 0 fully saturated rings. The minimum Gasteiger partial charge on any atom is -0.497 e. The molecule has 6 heteroatoms. The van der Waals surface area contributed by atoms with Crippen molar-refractivity contribution < 1.29 is 4.74 Å². The van der Waals surface area contributed by atoms with Crippen molar-refractivity contribution in [3.8, 4) is 11.4 Å². The Morgan fingerprint density at radius 2 is 1.71 bits per heavy atom. The van der Waals surface area contributed by atoms with E-state index in [9.17, 15) is 0 Å². The second-order valence-corrected chi connectivity index (χ2v) is 5.96. The maximum Gasteiger partial charge on any atom is 0.148 e. The molecule has 0 aliphatic heterocycles. The summed E-state index contributed by atoms with van der Waals surface area (Å²) < 4.78 is 9.07. The van der Waals surface area contributed by atoms with Crippen LogP contribution in [0.15, 0.2) is 24.3 Å². The van der Waals surface area contributed by atoms with Crippen LogP contribution in [0.3, 0.4) is 0 Å². The SMILES string of the molecule is COc1ccc(-n2nc(C)nc2CCc2c(C)nn(C)c2C)cc1. The van der Waals surface area contributed by atoms with E-state index < -0.39 is 0 Å². The van der Waals surface area contributed by atoms with E-state index in [1.165, 1.54) is 11.3 Å². The minimum atomic E-state index is 0.778. The number of aryl methyl sites for hydroxylation is 4. The lowest BCUT2D eigenvalue weighted by Gasteiger charge is -2.07. The summed E-state index contributed by atoms with van der Waals surface area (Å²) in [6.07, 6.45) is 1.72. The third-order valence-corrected chi connectivity index (χ3v) is 4.35. The number of aromatic nitrogens is 5. The monoisotopic (exact) mass is 325 g/mol. The third kappa shape index (κ3) is 3.04. The Morgan fingerprint density at radius 1 is 1.00 bits per heavy atom. The highest BCUT2D eigenvalue weighted by Crippen LogP contribution is 2.18. The Kier molecular flexibility index (Phi) is 4.38. The molecule has 0 aliphatic rings. The van der Waals surface area contributed by atoms with Crippen molar-refractivity contribution in [2.24, 2.45) is 7.05 Å². The quantitative estimate of drug-likeness (QED) is 0.724. The molecule has 0 atom stereocenters. The molecule has 0 spiro atoms. The van der Waals surface area contributed by atoms with Crippen molar-refractivity contribution >= 4 is 0 Å². The Hall–Kier alpha value is -2.63. The second kappa shape index (κ2) is 6.47. The maximum absolute atomic E-state index is 5.22. The summed E-state index contributed by atoms with van der Waals surface area (Å²) in [7, 11) is 3.65. The molecule has 0 saturated carbocycles. The lowest BCUT2D eigenvalue weighted by Crippen LogP contribution is -2.05. The van der Waals surface area contributed by atoms with Gasteiger partial charge in [-0.1, -0.05) is 0 Å². The molecule has 24 heavy (non-hydrogen) atoms. The molecule has 2 aromatic heterocycles. The van der Waals surface area contributed by atoms with E-state index in [1.807, 2.05) is 47.6 Å². The smallest absolute Gasteiger partial charge is 0.148 e. The van der Waals surface area contributed by atoms with Crippen molar-refractivity contribution in [3.05, 3.63) is 52.9 Å². The Balaban J connectivity index is 1.86. The van der Waals surface area contributed by atoms with E-state index in [1.54, 1.807) is 7.11 Å². The predicted molar refractivity (Wildman–Crippen MR) is 92.7 cm³/mol. The number of hydrogen-bond donors (Lipinski definition) is 0. The van der Waals surface area contributed by atoms with Gasteiger partial charge < -0.3 is 4.74 Å². The first-order valence-corrected chi connectivity index (χ1v) is 8.05. The van der Waals surface area contributed by atoms with Crippen LogP contribution in [0.1, 0.15) is 28.6 Å². The molecule has 2 heterocycles. The van der Waals surface area contributed by atoms with Crippen LogP contribution in [0.4, 0.5) is 0 Å². The van der Waals surface area contributed by atoms with E-state index in [0.717, 1.165) is 41.6 Å². The highest BCUT2D eigenvalue weighted by molar-refractivity contribution is 5.37. The van der Waals surface area contributed by atoms with Crippen molar-refractivity contribution in [1.29, 1.82) is 0 Å². The molecular weight excluding hydrogens is 302 g/mol. The lowest BCUT2D eigenvalue weighted by molar-refractivity contribution is 0.414. The van der Waals surface area contributed by atoms with Crippen LogP contribution < -0.4 is 4.74 Å². The third-order valence-electron chi connectivity index (χ3n) is 4.35. The highest BCUT2D eigenvalue weighted by atomic mass is 16.5. The van der Waals surface area contributed by atoms with Gasteiger partial charge in [0.1, 0.15) is 17.4 Å². The summed E-state index contributed by atoms with van der Waals surface area (Å²) >= 11 is 0. The zero-order valence-electron chi connectivity index (χ0n) is 14.9. The van der Waals surface area contributed by atoms with Crippen LogP contribution in [-0.2, 0) is 19.9 Å². The molecule has 6 nitrogen and oxygen atoms in total. The van der Waals surface area contributed by atoms with Crippen molar-refractivity contribution in [2.45, 2.75) is 33.6 Å². The van der Waals surface area contributed by atoms with E-state index >= 15 is 0 Å². The fourth-order valence-electron chi connectivity index (χ4n) is 2.97. The van der Waals surface area contributed by atoms with Gasteiger partial charge in [0.05, 0.1) is 18.5 Å². The number of ether oxygens (including phenoxy) is 1. The van der Waals surface area contributed by atoms with Gasteiger partial charge in [0.25, 0.3) is 0 Å². The Morgan fingerprint density at radius 3 is 2.29 bits per heavy atom. The summed E-state index contributed by atoms with van der Waals surface area (Å²) in [6.45, 7) is 6.08. The van der Waals surface area contributed by atoms with E-state index in [-0.39, 0.29) is 0 Å². The molecule has 0 aliphatic carbocycles. The van der Waals surface area contributed by atoms with Crippen LogP contribution in [0, 0.1) is 20.8 Å². The van der Waals surface area contributed by atoms with Gasteiger partial charge in [-0.2, -0.15) is 10.2 Å². The molecule has 0 amide bonds. The molecule has 0 saturated heterocycles. The molecule has 0 N–H and O–H groups in total.